The molecule has 0 bridgehead atoms. The van der Waals surface area contributed by atoms with Crippen LogP contribution in [0.25, 0.3) is 0 Å². The third kappa shape index (κ3) is 4.75. The minimum absolute atomic E-state index is 0.0195. The molecule has 2 saturated carbocycles. The smallest absolute Gasteiger partial charge is 0.192 e. The number of Topliss-reactive ketones (excluding diaryl/α,β-unsaturated/α-hetero) is 1. The standard InChI is InChI=1S/C33H56O3Si2/c1-22(34)26-16-17-27-25-15-14-23-20-24(35-37(10,11)30(2,3)4)21-29(36-38(12,13)31(5,6)7)33(23,9)28(25)18-19-32(26,27)8/h14-16,24,27-29H,17-21H2,1-13H3/t24?,27-,28-,29-,32+,33-/m0/s1. The van der Waals surface area contributed by atoms with Gasteiger partial charge in [0.15, 0.2) is 22.4 Å². The van der Waals surface area contributed by atoms with Gasteiger partial charge in [0.05, 0.1) is 12.2 Å². The molecule has 4 aliphatic carbocycles. The quantitative estimate of drug-likeness (QED) is 0.316. The predicted molar refractivity (Wildman–Crippen MR) is 165 cm³/mol. The van der Waals surface area contributed by atoms with Gasteiger partial charge >= 0.3 is 0 Å². The average Bonchev–Trinajstić information content (AvgIpc) is 3.10. The highest BCUT2D eigenvalue weighted by Gasteiger charge is 2.59. The molecule has 4 rings (SSSR count). The summed E-state index contributed by atoms with van der Waals surface area (Å²) < 4.78 is 14.5. The largest absolute Gasteiger partial charge is 0.414 e. The van der Waals surface area contributed by atoms with Crippen LogP contribution in [0.15, 0.2) is 34.9 Å². The van der Waals surface area contributed by atoms with Crippen molar-refractivity contribution in [3.63, 3.8) is 0 Å². The number of fused-ring (bicyclic) bond motifs is 5. The Hall–Kier alpha value is -0.756. The zero-order valence-electron chi connectivity index (χ0n) is 26.8. The van der Waals surface area contributed by atoms with E-state index in [0.717, 1.165) is 37.7 Å². The molecular formula is C33H56O3Si2. The first-order chi connectivity index (χ1) is 17.1. The molecule has 0 N–H and O–H groups in total. The molecule has 0 aromatic carbocycles. The van der Waals surface area contributed by atoms with Gasteiger partial charge in [0, 0.05) is 10.8 Å². The molecule has 0 saturated heterocycles. The molecule has 0 radical (unpaired) electrons. The van der Waals surface area contributed by atoms with Crippen molar-refractivity contribution in [3.8, 4) is 0 Å². The summed E-state index contributed by atoms with van der Waals surface area (Å²) in [6.07, 6.45) is 12.7. The lowest BCUT2D eigenvalue weighted by Crippen LogP contribution is -2.58. The van der Waals surface area contributed by atoms with Crippen LogP contribution in [0, 0.1) is 22.7 Å². The summed E-state index contributed by atoms with van der Waals surface area (Å²) in [5.74, 6) is 1.17. The molecule has 214 valence electrons. The second kappa shape index (κ2) is 9.39. The summed E-state index contributed by atoms with van der Waals surface area (Å²) in [6, 6.07) is 0. The zero-order chi connectivity index (χ0) is 28.7. The van der Waals surface area contributed by atoms with E-state index in [1.807, 2.05) is 0 Å². The Morgan fingerprint density at radius 2 is 1.50 bits per heavy atom. The van der Waals surface area contributed by atoms with Crippen LogP contribution in [0.1, 0.15) is 94.4 Å². The number of ketones is 1. The number of carbonyl (C=O) groups is 1. The van der Waals surface area contributed by atoms with Crippen LogP contribution in [0.5, 0.6) is 0 Å². The minimum atomic E-state index is -2.01. The summed E-state index contributed by atoms with van der Waals surface area (Å²) in [7, 11) is -3.91. The third-order valence-corrected chi connectivity index (χ3v) is 21.1. The van der Waals surface area contributed by atoms with E-state index in [4.69, 9.17) is 8.85 Å². The van der Waals surface area contributed by atoms with Gasteiger partial charge in [0.2, 0.25) is 0 Å². The molecule has 1 unspecified atom stereocenters. The Balaban J connectivity index is 1.75. The highest BCUT2D eigenvalue weighted by atomic mass is 28.4. The Bertz CT molecular complexity index is 1070. The maximum absolute atomic E-state index is 12.6. The molecule has 2 fully saturated rings. The third-order valence-electron chi connectivity index (χ3n) is 12.1. The molecule has 0 spiro atoms. The molecule has 5 heteroatoms. The Morgan fingerprint density at radius 3 is 2.05 bits per heavy atom. The number of carbonyl (C=O) groups excluding carboxylic acids is 1. The minimum Gasteiger partial charge on any atom is -0.414 e. The molecule has 3 nitrogen and oxygen atoms in total. The topological polar surface area (TPSA) is 35.5 Å². The van der Waals surface area contributed by atoms with Gasteiger partial charge in [0.1, 0.15) is 0 Å². The van der Waals surface area contributed by atoms with Gasteiger partial charge in [-0.15, -0.1) is 0 Å². The Kier molecular flexibility index (Phi) is 7.46. The van der Waals surface area contributed by atoms with Crippen molar-refractivity contribution in [3.05, 3.63) is 34.9 Å². The van der Waals surface area contributed by atoms with Crippen LogP contribution >= 0.6 is 0 Å². The van der Waals surface area contributed by atoms with Crippen LogP contribution in [0.2, 0.25) is 36.3 Å². The van der Waals surface area contributed by atoms with Crippen LogP contribution in [-0.2, 0) is 13.6 Å². The summed E-state index contributed by atoms with van der Waals surface area (Å²) in [6.45, 7) is 30.3. The molecular weight excluding hydrogens is 501 g/mol. The van der Waals surface area contributed by atoms with Gasteiger partial charge in [-0.1, -0.05) is 84.8 Å². The van der Waals surface area contributed by atoms with E-state index in [-0.39, 0.29) is 38.9 Å². The van der Waals surface area contributed by atoms with Gasteiger partial charge in [-0.25, -0.2) is 0 Å². The predicted octanol–water partition coefficient (Wildman–Crippen LogP) is 9.39. The van der Waals surface area contributed by atoms with Crippen LogP contribution in [0.4, 0.5) is 0 Å². The maximum Gasteiger partial charge on any atom is 0.192 e. The van der Waals surface area contributed by atoms with Crippen molar-refractivity contribution >= 4 is 22.4 Å². The lowest BCUT2D eigenvalue weighted by atomic mass is 9.49. The monoisotopic (exact) mass is 556 g/mol. The van der Waals surface area contributed by atoms with Gasteiger partial charge in [0.25, 0.3) is 0 Å². The number of allylic oxidation sites excluding steroid dienone is 5. The molecule has 0 aromatic rings. The van der Waals surface area contributed by atoms with Crippen molar-refractivity contribution in [2.24, 2.45) is 22.7 Å². The normalized spacial score (nSPS) is 36.0. The lowest BCUT2D eigenvalue weighted by molar-refractivity contribution is -0.115. The summed E-state index contributed by atoms with van der Waals surface area (Å²) in [5, 5.41) is 0.347. The van der Waals surface area contributed by atoms with Crippen molar-refractivity contribution in [1.29, 1.82) is 0 Å². The Morgan fingerprint density at radius 1 is 0.921 bits per heavy atom. The number of rotatable bonds is 5. The van der Waals surface area contributed by atoms with E-state index in [1.54, 1.807) is 12.5 Å². The first-order valence-corrected chi connectivity index (χ1v) is 20.9. The van der Waals surface area contributed by atoms with Crippen molar-refractivity contribution in [2.45, 2.75) is 143 Å². The number of hydrogen-bond acceptors (Lipinski definition) is 3. The maximum atomic E-state index is 12.6. The van der Waals surface area contributed by atoms with Gasteiger partial charge in [-0.05, 0) is 92.7 Å². The first kappa shape index (κ1) is 30.2. The summed E-state index contributed by atoms with van der Waals surface area (Å²) in [5.41, 5.74) is 4.14. The molecule has 0 aliphatic heterocycles. The van der Waals surface area contributed by atoms with Crippen molar-refractivity contribution in [2.75, 3.05) is 0 Å². The van der Waals surface area contributed by atoms with E-state index < -0.39 is 16.6 Å². The second-order valence-electron chi connectivity index (χ2n) is 16.4. The molecule has 38 heavy (non-hydrogen) atoms. The summed E-state index contributed by atoms with van der Waals surface area (Å²) in [4.78, 5) is 12.6. The highest BCUT2D eigenvalue weighted by Crippen LogP contribution is 2.64. The first-order valence-electron chi connectivity index (χ1n) is 15.1. The van der Waals surface area contributed by atoms with E-state index in [0.29, 0.717) is 11.8 Å². The SMILES string of the molecule is CC(=O)C1=CC[C@H]2C3=CC=C4CC(O[Si](C)(C)C(C)(C)C)C[C@H](O[Si](C)(C)C(C)(C)C)[C@]4(C)[C@H]3CC[C@]12C. The van der Waals surface area contributed by atoms with E-state index in [9.17, 15) is 4.79 Å². The Labute approximate surface area is 236 Å². The molecule has 0 aromatic heterocycles. The van der Waals surface area contributed by atoms with Crippen LogP contribution in [0.3, 0.4) is 0 Å². The van der Waals surface area contributed by atoms with Crippen molar-refractivity contribution in [1.82, 2.24) is 0 Å². The summed E-state index contributed by atoms with van der Waals surface area (Å²) >= 11 is 0. The lowest BCUT2D eigenvalue weighted by Gasteiger charge is -2.59. The van der Waals surface area contributed by atoms with Gasteiger partial charge in [-0.3, -0.25) is 4.79 Å². The van der Waals surface area contributed by atoms with E-state index in [2.05, 4.69) is 99.8 Å². The van der Waals surface area contributed by atoms with Crippen LogP contribution < -0.4 is 0 Å². The molecule has 6 atom stereocenters. The van der Waals surface area contributed by atoms with Crippen LogP contribution in [-0.4, -0.2) is 34.6 Å². The fourth-order valence-corrected chi connectivity index (χ4v) is 10.3. The zero-order valence-corrected chi connectivity index (χ0v) is 28.8. The second-order valence-corrected chi connectivity index (χ2v) is 25.9. The van der Waals surface area contributed by atoms with E-state index >= 15 is 0 Å². The molecule has 4 aliphatic rings. The molecule has 0 heterocycles. The van der Waals surface area contributed by atoms with E-state index in [1.165, 1.54) is 5.57 Å². The fraction of sp³-hybridized carbons (Fsp3) is 0.788. The molecule has 0 amide bonds. The highest BCUT2D eigenvalue weighted by molar-refractivity contribution is 6.74. The van der Waals surface area contributed by atoms with Gasteiger partial charge < -0.3 is 8.85 Å². The average molecular weight is 557 g/mol. The van der Waals surface area contributed by atoms with Crippen molar-refractivity contribution < 1.29 is 13.6 Å². The van der Waals surface area contributed by atoms with Gasteiger partial charge in [-0.2, -0.15) is 0 Å². The fourth-order valence-electron chi connectivity index (χ4n) is 7.53. The number of hydrogen-bond donors (Lipinski definition) is 0.